The Hall–Kier alpha value is -1.04. The van der Waals surface area contributed by atoms with Gasteiger partial charge in [-0.15, -0.1) is 0 Å². The second-order valence-electron chi connectivity index (χ2n) is 6.75. The van der Waals surface area contributed by atoms with Crippen LogP contribution >= 0.6 is 0 Å². The zero-order chi connectivity index (χ0) is 15.1. The molecule has 0 saturated heterocycles. The summed E-state index contributed by atoms with van der Waals surface area (Å²) in [6, 6.07) is 0. The Labute approximate surface area is 126 Å². The van der Waals surface area contributed by atoms with Crippen molar-refractivity contribution in [3.8, 4) is 0 Å². The van der Waals surface area contributed by atoms with Crippen molar-refractivity contribution in [2.75, 3.05) is 0 Å². The van der Waals surface area contributed by atoms with E-state index < -0.39 is 0 Å². The first-order chi connectivity index (χ1) is 9.40. The Balaban J connectivity index is 2.61. The molecule has 0 aromatic heterocycles. The number of hydrogen-bond donors (Lipinski definition) is 0. The molecule has 1 aliphatic carbocycles. The minimum absolute atomic E-state index is 0.695. The molecule has 20 heavy (non-hydrogen) atoms. The summed E-state index contributed by atoms with van der Waals surface area (Å²) in [6.45, 7) is 13.5. The molecule has 0 saturated carbocycles. The van der Waals surface area contributed by atoms with Crippen LogP contribution in [0.4, 0.5) is 0 Å². The molecule has 0 aromatic carbocycles. The smallest absolute Gasteiger partial charge is 0.00954 e. The number of allylic oxidation sites excluding steroid dienone is 8. The summed E-state index contributed by atoms with van der Waals surface area (Å²) in [6.07, 6.45) is 13.2. The van der Waals surface area contributed by atoms with Gasteiger partial charge in [0.1, 0.15) is 0 Å². The van der Waals surface area contributed by atoms with Crippen molar-refractivity contribution in [3.63, 3.8) is 0 Å². The van der Waals surface area contributed by atoms with Crippen LogP contribution in [0.25, 0.3) is 0 Å². The molecule has 112 valence electrons. The van der Waals surface area contributed by atoms with E-state index in [0.29, 0.717) is 5.92 Å². The molecule has 0 N–H and O–H groups in total. The predicted octanol–water partition coefficient (Wildman–Crippen LogP) is 6.76. The van der Waals surface area contributed by atoms with Crippen LogP contribution < -0.4 is 0 Å². The molecular weight excluding hydrogens is 240 g/mol. The highest BCUT2D eigenvalue weighted by atomic mass is 14.2. The van der Waals surface area contributed by atoms with Crippen LogP contribution in [0.2, 0.25) is 0 Å². The molecule has 0 atom stereocenters. The minimum Gasteiger partial charge on any atom is -0.0856 e. The third kappa shape index (κ3) is 5.94. The largest absolute Gasteiger partial charge is 0.0856 e. The Bertz CT molecular complexity index is 435. The highest BCUT2D eigenvalue weighted by molar-refractivity contribution is 5.35. The highest BCUT2D eigenvalue weighted by Crippen LogP contribution is 2.30. The van der Waals surface area contributed by atoms with E-state index >= 15 is 0 Å². The molecule has 0 heteroatoms. The fourth-order valence-electron chi connectivity index (χ4n) is 2.57. The lowest BCUT2D eigenvalue weighted by atomic mass is 9.86. The maximum Gasteiger partial charge on any atom is -0.00954 e. The lowest BCUT2D eigenvalue weighted by Crippen LogP contribution is -2.02. The Kier molecular flexibility index (Phi) is 7.05. The van der Waals surface area contributed by atoms with Gasteiger partial charge in [0.05, 0.1) is 0 Å². The quantitative estimate of drug-likeness (QED) is 0.468. The van der Waals surface area contributed by atoms with Crippen LogP contribution in [0, 0.1) is 5.92 Å². The first-order valence-electron chi connectivity index (χ1n) is 8.08. The highest BCUT2D eigenvalue weighted by Gasteiger charge is 2.11. The zero-order valence-corrected chi connectivity index (χ0v) is 14.3. The maximum absolute atomic E-state index is 2.46. The summed E-state index contributed by atoms with van der Waals surface area (Å²) < 4.78 is 0. The van der Waals surface area contributed by atoms with Crippen LogP contribution in [0.1, 0.15) is 73.6 Å². The summed E-state index contributed by atoms with van der Waals surface area (Å²) >= 11 is 0. The monoisotopic (exact) mass is 272 g/mol. The molecule has 0 aromatic rings. The average Bonchev–Trinajstić information content (AvgIpc) is 2.37. The fourth-order valence-corrected chi connectivity index (χ4v) is 2.57. The van der Waals surface area contributed by atoms with E-state index in [1.54, 1.807) is 16.7 Å². The van der Waals surface area contributed by atoms with Crippen molar-refractivity contribution in [2.24, 2.45) is 5.92 Å². The third-order valence-electron chi connectivity index (χ3n) is 4.20. The average molecular weight is 272 g/mol. The third-order valence-corrected chi connectivity index (χ3v) is 4.20. The normalized spacial score (nSPS) is 16.6. The Morgan fingerprint density at radius 2 is 1.85 bits per heavy atom. The molecule has 0 heterocycles. The van der Waals surface area contributed by atoms with E-state index in [-0.39, 0.29) is 0 Å². The Morgan fingerprint density at radius 1 is 1.15 bits per heavy atom. The maximum atomic E-state index is 2.46. The summed E-state index contributed by atoms with van der Waals surface area (Å²) in [5, 5.41) is 0. The summed E-state index contributed by atoms with van der Waals surface area (Å²) in [5.74, 6) is 0.695. The molecular formula is C20H32. The molecule has 0 spiro atoms. The molecule has 0 aliphatic heterocycles. The number of hydrogen-bond acceptors (Lipinski definition) is 0. The fraction of sp³-hybridized carbons (Fsp3) is 0.600. The van der Waals surface area contributed by atoms with Gasteiger partial charge in [0.15, 0.2) is 0 Å². The molecule has 0 fully saturated rings. The van der Waals surface area contributed by atoms with Gasteiger partial charge in [0, 0.05) is 0 Å². The molecule has 0 bridgehead atoms. The second-order valence-corrected chi connectivity index (χ2v) is 6.75. The van der Waals surface area contributed by atoms with E-state index in [2.05, 4.69) is 59.8 Å². The van der Waals surface area contributed by atoms with Crippen LogP contribution in [0.3, 0.4) is 0 Å². The van der Waals surface area contributed by atoms with E-state index in [1.807, 2.05) is 0 Å². The summed E-state index contributed by atoms with van der Waals surface area (Å²) in [4.78, 5) is 0. The SMILES string of the molecule is CC(C)=CCC/C(C)=C/CC1=C(C)CCC(C(C)C)=C1. The molecule has 0 nitrogen and oxygen atoms in total. The van der Waals surface area contributed by atoms with Crippen molar-refractivity contribution in [2.45, 2.75) is 73.6 Å². The lowest BCUT2D eigenvalue weighted by molar-refractivity contribution is 0.693. The van der Waals surface area contributed by atoms with Crippen LogP contribution in [0.5, 0.6) is 0 Å². The van der Waals surface area contributed by atoms with E-state index in [0.717, 1.165) is 6.42 Å². The van der Waals surface area contributed by atoms with Gasteiger partial charge in [-0.3, -0.25) is 0 Å². The van der Waals surface area contributed by atoms with Crippen molar-refractivity contribution in [1.29, 1.82) is 0 Å². The minimum atomic E-state index is 0.695. The van der Waals surface area contributed by atoms with Gasteiger partial charge in [-0.2, -0.15) is 0 Å². The molecule has 1 aliphatic rings. The predicted molar refractivity (Wildman–Crippen MR) is 91.9 cm³/mol. The van der Waals surface area contributed by atoms with Crippen molar-refractivity contribution >= 4 is 0 Å². The summed E-state index contributed by atoms with van der Waals surface area (Å²) in [5.41, 5.74) is 7.71. The topological polar surface area (TPSA) is 0 Å². The van der Waals surface area contributed by atoms with E-state index in [1.165, 1.54) is 36.8 Å². The standard InChI is InChI=1S/C20H32/c1-15(2)8-7-9-17(5)10-12-20-14-19(16(3)4)13-11-18(20)6/h8,10,14,16H,7,9,11-13H2,1-6H3/b17-10+. The lowest BCUT2D eigenvalue weighted by Gasteiger charge is -2.20. The zero-order valence-electron chi connectivity index (χ0n) is 14.3. The van der Waals surface area contributed by atoms with Gasteiger partial charge in [-0.1, -0.05) is 54.4 Å². The van der Waals surface area contributed by atoms with Crippen LogP contribution in [-0.2, 0) is 0 Å². The number of rotatable bonds is 6. The van der Waals surface area contributed by atoms with Gasteiger partial charge in [0.25, 0.3) is 0 Å². The Morgan fingerprint density at radius 3 is 2.45 bits per heavy atom. The molecule has 0 radical (unpaired) electrons. The first kappa shape index (κ1) is 17.0. The first-order valence-corrected chi connectivity index (χ1v) is 8.08. The molecule has 1 rings (SSSR count). The van der Waals surface area contributed by atoms with Crippen molar-refractivity contribution in [1.82, 2.24) is 0 Å². The second kappa shape index (κ2) is 8.29. The van der Waals surface area contributed by atoms with Gasteiger partial charge in [-0.25, -0.2) is 0 Å². The summed E-state index contributed by atoms with van der Waals surface area (Å²) in [7, 11) is 0. The van der Waals surface area contributed by atoms with Gasteiger partial charge in [-0.05, 0) is 71.3 Å². The van der Waals surface area contributed by atoms with Gasteiger partial charge < -0.3 is 0 Å². The van der Waals surface area contributed by atoms with Crippen LogP contribution in [0.15, 0.2) is 46.1 Å². The van der Waals surface area contributed by atoms with Gasteiger partial charge >= 0.3 is 0 Å². The van der Waals surface area contributed by atoms with E-state index in [4.69, 9.17) is 0 Å². The van der Waals surface area contributed by atoms with Gasteiger partial charge in [0.2, 0.25) is 0 Å². The molecule has 0 unspecified atom stereocenters. The molecule has 0 amide bonds. The van der Waals surface area contributed by atoms with E-state index in [9.17, 15) is 0 Å². The van der Waals surface area contributed by atoms with Crippen molar-refractivity contribution < 1.29 is 0 Å². The van der Waals surface area contributed by atoms with Crippen LogP contribution in [-0.4, -0.2) is 0 Å². The van der Waals surface area contributed by atoms with Crippen molar-refractivity contribution in [3.05, 3.63) is 46.1 Å².